The zero-order chi connectivity index (χ0) is 14.5. The molecule has 0 radical (unpaired) electrons. The molecule has 0 aromatic heterocycles. The molecule has 0 bridgehead atoms. The summed E-state index contributed by atoms with van der Waals surface area (Å²) in [5.41, 5.74) is 7.54. The Bertz CT molecular complexity index is 614. The summed E-state index contributed by atoms with van der Waals surface area (Å²) < 4.78 is 0. The van der Waals surface area contributed by atoms with Gasteiger partial charge in [0.05, 0.1) is 0 Å². The Morgan fingerprint density at radius 2 is 1.70 bits per heavy atom. The number of amides is 2. The van der Waals surface area contributed by atoms with Crippen LogP contribution in [0.5, 0.6) is 0 Å². The fraction of sp³-hybridized carbons (Fsp3) is 0.0714. The third-order valence-corrected chi connectivity index (χ3v) is 3.24. The van der Waals surface area contributed by atoms with Crippen LogP contribution in [0.25, 0.3) is 0 Å². The highest BCUT2D eigenvalue weighted by atomic mass is 35.5. The van der Waals surface area contributed by atoms with Gasteiger partial charge in [-0.15, -0.1) is 0 Å². The molecule has 2 amide bonds. The number of carbonyl (C=O) groups is 1. The average molecular weight is 310 g/mol. The van der Waals surface area contributed by atoms with Crippen molar-refractivity contribution in [3.8, 4) is 0 Å². The number of anilines is 2. The molecule has 4 N–H and O–H groups in total. The molecule has 0 saturated carbocycles. The Morgan fingerprint density at radius 3 is 2.30 bits per heavy atom. The maximum atomic E-state index is 10.7. The normalized spacial score (nSPS) is 10.1. The number of hydrogen-bond donors (Lipinski definition) is 3. The van der Waals surface area contributed by atoms with Crippen molar-refractivity contribution in [1.29, 1.82) is 0 Å². The lowest BCUT2D eigenvalue weighted by Crippen LogP contribution is -2.19. The molecular formula is C14H13Cl2N3O. The van der Waals surface area contributed by atoms with Crippen molar-refractivity contribution in [2.24, 2.45) is 5.73 Å². The van der Waals surface area contributed by atoms with E-state index in [0.29, 0.717) is 22.3 Å². The molecule has 0 saturated heterocycles. The summed E-state index contributed by atoms with van der Waals surface area (Å²) in [6.07, 6.45) is 0. The number of benzene rings is 2. The Morgan fingerprint density at radius 1 is 1.05 bits per heavy atom. The summed E-state index contributed by atoms with van der Waals surface area (Å²) in [6.45, 7) is 0.582. The van der Waals surface area contributed by atoms with Crippen LogP contribution in [-0.2, 0) is 6.54 Å². The molecule has 4 nitrogen and oxygen atoms in total. The largest absolute Gasteiger partial charge is 0.381 e. The number of nitrogens with two attached hydrogens (primary N) is 1. The van der Waals surface area contributed by atoms with E-state index in [-0.39, 0.29) is 0 Å². The van der Waals surface area contributed by atoms with Gasteiger partial charge in [0.15, 0.2) is 0 Å². The second-order valence-electron chi connectivity index (χ2n) is 4.16. The second kappa shape index (κ2) is 6.50. The van der Waals surface area contributed by atoms with E-state index in [9.17, 15) is 4.79 Å². The second-order valence-corrected chi connectivity index (χ2v) is 5.00. The first-order valence-electron chi connectivity index (χ1n) is 5.89. The van der Waals surface area contributed by atoms with Gasteiger partial charge in [-0.05, 0) is 42.0 Å². The number of hydrogen-bond acceptors (Lipinski definition) is 2. The topological polar surface area (TPSA) is 67.2 Å². The van der Waals surface area contributed by atoms with Crippen LogP contribution in [0.4, 0.5) is 16.2 Å². The first-order valence-corrected chi connectivity index (χ1v) is 6.64. The van der Waals surface area contributed by atoms with Gasteiger partial charge in [-0.25, -0.2) is 4.79 Å². The Labute approximate surface area is 126 Å². The minimum Gasteiger partial charge on any atom is -0.381 e. The summed E-state index contributed by atoms with van der Waals surface area (Å²) in [5, 5.41) is 6.96. The van der Waals surface area contributed by atoms with E-state index in [4.69, 9.17) is 28.9 Å². The highest BCUT2D eigenvalue weighted by molar-refractivity contribution is 6.35. The van der Waals surface area contributed by atoms with Gasteiger partial charge in [0.1, 0.15) is 0 Å². The van der Waals surface area contributed by atoms with E-state index < -0.39 is 6.03 Å². The van der Waals surface area contributed by atoms with Crippen molar-refractivity contribution in [2.75, 3.05) is 10.6 Å². The van der Waals surface area contributed by atoms with E-state index in [2.05, 4.69) is 10.6 Å². The minimum absolute atomic E-state index is 0.582. The molecule has 0 heterocycles. The molecular weight excluding hydrogens is 297 g/mol. The molecule has 2 aromatic carbocycles. The summed E-state index contributed by atoms with van der Waals surface area (Å²) in [4.78, 5) is 10.7. The maximum Gasteiger partial charge on any atom is 0.316 e. The minimum atomic E-state index is -0.585. The lowest BCUT2D eigenvalue weighted by molar-refractivity contribution is 0.259. The van der Waals surface area contributed by atoms with Crippen molar-refractivity contribution in [3.63, 3.8) is 0 Å². The van der Waals surface area contributed by atoms with Gasteiger partial charge in [0.25, 0.3) is 0 Å². The van der Waals surface area contributed by atoms with Crippen LogP contribution in [0.1, 0.15) is 5.56 Å². The number of rotatable bonds is 4. The number of nitrogens with one attached hydrogen (secondary N) is 2. The van der Waals surface area contributed by atoms with Crippen molar-refractivity contribution >= 4 is 40.6 Å². The molecule has 2 aromatic rings. The summed E-state index contributed by atoms with van der Waals surface area (Å²) in [7, 11) is 0. The van der Waals surface area contributed by atoms with Crippen LogP contribution >= 0.6 is 23.2 Å². The molecule has 0 spiro atoms. The van der Waals surface area contributed by atoms with E-state index in [1.54, 1.807) is 24.3 Å². The quantitative estimate of drug-likeness (QED) is 0.796. The van der Waals surface area contributed by atoms with E-state index in [1.165, 1.54) is 0 Å². The molecule has 0 atom stereocenters. The van der Waals surface area contributed by atoms with E-state index in [0.717, 1.165) is 11.3 Å². The lowest BCUT2D eigenvalue weighted by Gasteiger charge is -2.09. The lowest BCUT2D eigenvalue weighted by atomic mass is 10.2. The van der Waals surface area contributed by atoms with Gasteiger partial charge in [0.2, 0.25) is 0 Å². The van der Waals surface area contributed by atoms with Crippen LogP contribution in [0.3, 0.4) is 0 Å². The third kappa shape index (κ3) is 4.05. The first kappa shape index (κ1) is 14.5. The van der Waals surface area contributed by atoms with Gasteiger partial charge in [0, 0.05) is 28.0 Å². The Balaban J connectivity index is 1.98. The number of urea groups is 1. The predicted octanol–water partition coefficient (Wildman–Crippen LogP) is 4.10. The van der Waals surface area contributed by atoms with Crippen LogP contribution in [0.2, 0.25) is 10.0 Å². The summed E-state index contributed by atoms with van der Waals surface area (Å²) in [5.74, 6) is 0. The van der Waals surface area contributed by atoms with Crippen molar-refractivity contribution in [2.45, 2.75) is 6.54 Å². The molecule has 20 heavy (non-hydrogen) atoms. The average Bonchev–Trinajstić information content (AvgIpc) is 2.39. The Kier molecular flexibility index (Phi) is 4.71. The Hall–Kier alpha value is -1.91. The fourth-order valence-corrected chi connectivity index (χ4v) is 2.15. The number of carbonyl (C=O) groups excluding carboxylic acids is 1. The van der Waals surface area contributed by atoms with Gasteiger partial charge in [-0.2, -0.15) is 0 Å². The summed E-state index contributed by atoms with van der Waals surface area (Å²) in [6, 6.07) is 12.0. The van der Waals surface area contributed by atoms with Gasteiger partial charge < -0.3 is 16.4 Å². The zero-order valence-corrected chi connectivity index (χ0v) is 12.0. The number of primary amides is 1. The molecule has 0 fully saturated rings. The SMILES string of the molecule is NC(=O)Nc1ccc(NCc2ccc(Cl)cc2Cl)cc1. The molecule has 0 unspecified atom stereocenters. The zero-order valence-electron chi connectivity index (χ0n) is 10.5. The highest BCUT2D eigenvalue weighted by Crippen LogP contribution is 2.22. The maximum absolute atomic E-state index is 10.7. The molecule has 0 aliphatic rings. The molecule has 0 aliphatic heterocycles. The van der Waals surface area contributed by atoms with Gasteiger partial charge in [-0.1, -0.05) is 29.3 Å². The first-order chi connectivity index (χ1) is 9.54. The van der Waals surface area contributed by atoms with Crippen LogP contribution in [0.15, 0.2) is 42.5 Å². The monoisotopic (exact) mass is 309 g/mol. The van der Waals surface area contributed by atoms with Crippen molar-refractivity contribution < 1.29 is 4.79 Å². The van der Waals surface area contributed by atoms with E-state index in [1.807, 2.05) is 18.2 Å². The van der Waals surface area contributed by atoms with Crippen LogP contribution in [0, 0.1) is 0 Å². The molecule has 2 rings (SSSR count). The van der Waals surface area contributed by atoms with Crippen LogP contribution in [-0.4, -0.2) is 6.03 Å². The standard InChI is InChI=1S/C14H13Cl2N3O/c15-10-2-1-9(13(16)7-10)8-18-11-3-5-12(6-4-11)19-14(17)20/h1-7,18H,8H2,(H3,17,19,20). The van der Waals surface area contributed by atoms with Gasteiger partial charge in [-0.3, -0.25) is 0 Å². The molecule has 6 heteroatoms. The van der Waals surface area contributed by atoms with Crippen molar-refractivity contribution in [1.82, 2.24) is 0 Å². The smallest absolute Gasteiger partial charge is 0.316 e. The molecule has 104 valence electrons. The third-order valence-electron chi connectivity index (χ3n) is 2.65. The van der Waals surface area contributed by atoms with E-state index >= 15 is 0 Å². The molecule has 0 aliphatic carbocycles. The highest BCUT2D eigenvalue weighted by Gasteiger charge is 2.02. The van der Waals surface area contributed by atoms with Crippen LogP contribution < -0.4 is 16.4 Å². The fourth-order valence-electron chi connectivity index (χ4n) is 1.68. The predicted molar refractivity (Wildman–Crippen MR) is 83.4 cm³/mol. The van der Waals surface area contributed by atoms with Gasteiger partial charge >= 0.3 is 6.03 Å². The summed E-state index contributed by atoms with van der Waals surface area (Å²) >= 11 is 11.9. The number of halogens is 2. The van der Waals surface area contributed by atoms with Crippen molar-refractivity contribution in [3.05, 3.63) is 58.1 Å².